The van der Waals surface area contributed by atoms with E-state index in [1.54, 1.807) is 6.07 Å². The second kappa shape index (κ2) is 8.25. The molecule has 0 heterocycles. The number of rotatable bonds is 8. The number of nitrogens with one attached hydrogen (secondary N) is 1. The van der Waals surface area contributed by atoms with E-state index in [0.717, 1.165) is 0 Å². The van der Waals surface area contributed by atoms with Crippen molar-refractivity contribution in [2.24, 2.45) is 0 Å². The molecule has 1 aromatic rings. The van der Waals surface area contributed by atoms with Gasteiger partial charge in [-0.05, 0) is 24.0 Å². The molecule has 1 atom stereocenters. The van der Waals surface area contributed by atoms with Crippen LogP contribution < -0.4 is 5.32 Å². The Balaban J connectivity index is 2.65. The second-order valence-corrected chi connectivity index (χ2v) is 5.33. The van der Waals surface area contributed by atoms with Crippen molar-refractivity contribution < 1.29 is 19.6 Å². The molecule has 0 radical (unpaired) electrons. The summed E-state index contributed by atoms with van der Waals surface area (Å²) in [6.45, 7) is 0. The van der Waals surface area contributed by atoms with Crippen LogP contribution >= 0.6 is 11.8 Å². The summed E-state index contributed by atoms with van der Waals surface area (Å²) in [5.74, 6) is -0.936. The number of nitro benzene ring substituents is 1. The number of non-ortho nitro benzene ring substituents is 1. The Morgan fingerprint density at radius 1 is 1.48 bits per heavy atom. The van der Waals surface area contributed by atoms with Crippen LogP contribution in [0.1, 0.15) is 12.0 Å². The van der Waals surface area contributed by atoms with Crippen LogP contribution in [0.15, 0.2) is 24.3 Å². The van der Waals surface area contributed by atoms with Gasteiger partial charge in [0.2, 0.25) is 5.91 Å². The zero-order valence-corrected chi connectivity index (χ0v) is 12.3. The van der Waals surface area contributed by atoms with E-state index in [4.69, 9.17) is 5.11 Å². The molecule has 2 N–H and O–H groups in total. The van der Waals surface area contributed by atoms with Crippen molar-refractivity contribution in [3.8, 4) is 0 Å². The lowest BCUT2D eigenvalue weighted by Gasteiger charge is -2.13. The lowest BCUT2D eigenvalue weighted by Crippen LogP contribution is -2.41. The van der Waals surface area contributed by atoms with Gasteiger partial charge in [0.1, 0.15) is 6.04 Å². The second-order valence-electron chi connectivity index (χ2n) is 4.34. The highest BCUT2D eigenvalue weighted by Crippen LogP contribution is 2.13. The normalized spacial score (nSPS) is 11.7. The summed E-state index contributed by atoms with van der Waals surface area (Å²) in [6, 6.07) is 4.77. The highest BCUT2D eigenvalue weighted by atomic mass is 32.2. The number of carboxylic acid groups (broad SMARTS) is 1. The fourth-order valence-electron chi connectivity index (χ4n) is 1.70. The largest absolute Gasteiger partial charge is 0.480 e. The molecule has 8 heteroatoms. The Labute approximate surface area is 125 Å². The van der Waals surface area contributed by atoms with Crippen molar-refractivity contribution in [1.82, 2.24) is 5.32 Å². The number of amides is 1. The van der Waals surface area contributed by atoms with Crippen LogP contribution in [0.25, 0.3) is 0 Å². The van der Waals surface area contributed by atoms with E-state index in [1.807, 2.05) is 6.26 Å². The maximum Gasteiger partial charge on any atom is 0.326 e. The van der Waals surface area contributed by atoms with Gasteiger partial charge < -0.3 is 10.4 Å². The van der Waals surface area contributed by atoms with Crippen LogP contribution in [-0.4, -0.2) is 40.0 Å². The van der Waals surface area contributed by atoms with Crippen LogP contribution in [0.5, 0.6) is 0 Å². The summed E-state index contributed by atoms with van der Waals surface area (Å²) in [6.07, 6.45) is 2.09. The Hall–Kier alpha value is -2.09. The number of carboxylic acids is 1. The Kier molecular flexibility index (Phi) is 6.67. The van der Waals surface area contributed by atoms with Crippen molar-refractivity contribution >= 4 is 29.3 Å². The zero-order valence-electron chi connectivity index (χ0n) is 11.4. The molecule has 1 rings (SSSR count). The maximum absolute atomic E-state index is 11.8. The van der Waals surface area contributed by atoms with Gasteiger partial charge in [0.15, 0.2) is 0 Å². The van der Waals surface area contributed by atoms with Crippen molar-refractivity contribution in [2.45, 2.75) is 18.9 Å². The van der Waals surface area contributed by atoms with Crippen LogP contribution in [0.2, 0.25) is 0 Å². The summed E-state index contributed by atoms with van der Waals surface area (Å²) in [5.41, 5.74) is 0.369. The average Bonchev–Trinajstić information content (AvgIpc) is 2.43. The number of nitro groups is 1. The van der Waals surface area contributed by atoms with Gasteiger partial charge in [-0.25, -0.2) is 4.79 Å². The Morgan fingerprint density at radius 2 is 2.19 bits per heavy atom. The molecule has 0 saturated carbocycles. The number of benzene rings is 1. The molecule has 0 aliphatic carbocycles. The van der Waals surface area contributed by atoms with Gasteiger partial charge >= 0.3 is 5.97 Å². The monoisotopic (exact) mass is 312 g/mol. The molecule has 1 amide bonds. The highest BCUT2D eigenvalue weighted by molar-refractivity contribution is 7.98. The lowest BCUT2D eigenvalue weighted by atomic mass is 10.1. The highest BCUT2D eigenvalue weighted by Gasteiger charge is 2.19. The third kappa shape index (κ3) is 5.82. The summed E-state index contributed by atoms with van der Waals surface area (Å²) < 4.78 is 0. The van der Waals surface area contributed by atoms with Gasteiger partial charge in [-0.2, -0.15) is 11.8 Å². The molecule has 0 aliphatic rings. The number of hydrogen-bond acceptors (Lipinski definition) is 5. The van der Waals surface area contributed by atoms with Gasteiger partial charge in [0.05, 0.1) is 11.3 Å². The van der Waals surface area contributed by atoms with E-state index < -0.39 is 22.8 Å². The topological polar surface area (TPSA) is 110 Å². The number of hydrogen-bond donors (Lipinski definition) is 2. The molecule has 0 saturated heterocycles. The fourth-order valence-corrected chi connectivity index (χ4v) is 2.18. The summed E-state index contributed by atoms with van der Waals surface area (Å²) in [4.78, 5) is 33.0. The van der Waals surface area contributed by atoms with E-state index in [0.29, 0.717) is 17.7 Å². The van der Waals surface area contributed by atoms with Crippen LogP contribution in [0.4, 0.5) is 5.69 Å². The van der Waals surface area contributed by atoms with Crippen molar-refractivity contribution in [3.05, 3.63) is 39.9 Å². The number of carbonyl (C=O) groups is 2. The predicted molar refractivity (Wildman–Crippen MR) is 79.4 cm³/mol. The fraction of sp³-hybridized carbons (Fsp3) is 0.385. The molecule has 1 aromatic carbocycles. The minimum absolute atomic E-state index is 0.0925. The molecule has 7 nitrogen and oxygen atoms in total. The SMILES string of the molecule is CSCC[C@@H](NC(=O)Cc1cccc([N+](=O)[O-])c1)C(=O)O. The van der Waals surface area contributed by atoms with Crippen molar-refractivity contribution in [1.29, 1.82) is 0 Å². The quantitative estimate of drug-likeness (QED) is 0.555. The van der Waals surface area contributed by atoms with E-state index in [2.05, 4.69) is 5.32 Å². The van der Waals surface area contributed by atoms with Crippen molar-refractivity contribution in [2.75, 3.05) is 12.0 Å². The number of thioether (sulfide) groups is 1. The van der Waals surface area contributed by atoms with Crippen molar-refractivity contribution in [3.63, 3.8) is 0 Å². The van der Waals surface area contributed by atoms with Gasteiger partial charge in [0.25, 0.3) is 5.69 Å². The molecule has 0 aliphatic heterocycles. The van der Waals surface area contributed by atoms with Gasteiger partial charge in [0, 0.05) is 12.1 Å². The number of carbonyl (C=O) groups excluding carboxylic acids is 1. The third-order valence-electron chi connectivity index (χ3n) is 2.73. The number of nitrogens with zero attached hydrogens (tertiary/aromatic N) is 1. The third-order valence-corrected chi connectivity index (χ3v) is 3.37. The van der Waals surface area contributed by atoms with Crippen LogP contribution in [0, 0.1) is 10.1 Å². The maximum atomic E-state index is 11.8. The summed E-state index contributed by atoms with van der Waals surface area (Å²) in [5, 5.41) is 22.1. The minimum atomic E-state index is -1.09. The first kappa shape index (κ1) is 17.0. The molecule has 0 spiro atoms. The van der Waals surface area contributed by atoms with Crippen LogP contribution in [-0.2, 0) is 16.0 Å². The summed E-state index contributed by atoms with van der Waals surface area (Å²) in [7, 11) is 0. The first-order valence-corrected chi connectivity index (χ1v) is 7.58. The Bertz CT molecular complexity index is 535. The van der Waals surface area contributed by atoms with E-state index >= 15 is 0 Å². The Morgan fingerprint density at radius 3 is 2.76 bits per heavy atom. The average molecular weight is 312 g/mol. The lowest BCUT2D eigenvalue weighted by molar-refractivity contribution is -0.384. The van der Waals surface area contributed by atoms with Gasteiger partial charge in [-0.3, -0.25) is 14.9 Å². The molecule has 114 valence electrons. The minimum Gasteiger partial charge on any atom is -0.480 e. The molecular weight excluding hydrogens is 296 g/mol. The first-order chi connectivity index (χ1) is 9.93. The van der Waals surface area contributed by atoms with E-state index in [9.17, 15) is 19.7 Å². The smallest absolute Gasteiger partial charge is 0.326 e. The van der Waals surface area contributed by atoms with Gasteiger partial charge in [-0.15, -0.1) is 0 Å². The van der Waals surface area contributed by atoms with E-state index in [1.165, 1.54) is 30.0 Å². The van der Waals surface area contributed by atoms with E-state index in [-0.39, 0.29) is 12.1 Å². The van der Waals surface area contributed by atoms with Crippen LogP contribution in [0.3, 0.4) is 0 Å². The standard InChI is InChI=1S/C13H16N2O5S/c1-21-6-5-11(13(17)18)14-12(16)8-9-3-2-4-10(7-9)15(19)20/h2-4,7,11H,5-6,8H2,1H3,(H,14,16)(H,17,18)/t11-/m1/s1. The predicted octanol–water partition coefficient (Wildman–Crippen LogP) is 1.46. The molecule has 0 bridgehead atoms. The molecule has 0 fully saturated rings. The van der Waals surface area contributed by atoms with Gasteiger partial charge in [-0.1, -0.05) is 12.1 Å². The number of aliphatic carboxylic acids is 1. The zero-order chi connectivity index (χ0) is 15.8. The molecule has 21 heavy (non-hydrogen) atoms. The molecular formula is C13H16N2O5S. The molecule has 0 unspecified atom stereocenters. The summed E-state index contributed by atoms with van der Waals surface area (Å²) >= 11 is 1.49. The first-order valence-electron chi connectivity index (χ1n) is 6.18. The molecule has 0 aromatic heterocycles.